The van der Waals surface area contributed by atoms with Crippen molar-refractivity contribution in [1.82, 2.24) is 4.90 Å². The standard InChI is InChI=1S/C37H48N4O5S/c1-6-22-39(28-16-18-29(19-17-28)46-10-5)34(43)31-30-20-21-37(47-30)32(31)35(44)41(24-11-25-42)33(37)36(45)40(23-7-2)27-14-12-26(13-15-27)38(8-3)9-4/h6-7,12-19,30-33,42H,1-2,8-11,20-25H2,3-5H3/t30-,31+,32+,33?,37?/m1/s1. The number of nitrogens with zero attached hydrogens (tertiary/aromatic N) is 4. The molecule has 2 aromatic rings. The Labute approximate surface area is 283 Å². The maximum atomic E-state index is 14.8. The molecule has 3 heterocycles. The highest BCUT2D eigenvalue weighted by atomic mass is 32.2. The van der Waals surface area contributed by atoms with Crippen molar-refractivity contribution in [2.75, 3.05) is 60.6 Å². The summed E-state index contributed by atoms with van der Waals surface area (Å²) in [5.74, 6) is -0.983. The first-order valence-electron chi connectivity index (χ1n) is 16.8. The van der Waals surface area contributed by atoms with Crippen molar-refractivity contribution in [3.63, 3.8) is 0 Å². The summed E-state index contributed by atoms with van der Waals surface area (Å²) in [6.45, 7) is 17.0. The van der Waals surface area contributed by atoms with Gasteiger partial charge in [-0.1, -0.05) is 12.2 Å². The molecule has 0 aromatic heterocycles. The van der Waals surface area contributed by atoms with Crippen molar-refractivity contribution in [3.05, 3.63) is 73.8 Å². The summed E-state index contributed by atoms with van der Waals surface area (Å²) in [4.78, 5) is 51.1. The summed E-state index contributed by atoms with van der Waals surface area (Å²) >= 11 is 1.65. The van der Waals surface area contributed by atoms with E-state index in [1.807, 2.05) is 55.5 Å². The van der Waals surface area contributed by atoms with E-state index in [1.54, 1.807) is 38.6 Å². The second kappa shape index (κ2) is 15.0. The highest BCUT2D eigenvalue weighted by Gasteiger charge is 2.74. The van der Waals surface area contributed by atoms with Gasteiger partial charge in [-0.05, 0) is 88.6 Å². The number of likely N-dealkylation sites (tertiary alicyclic amines) is 1. The first-order chi connectivity index (χ1) is 22.8. The lowest BCUT2D eigenvalue weighted by molar-refractivity contribution is -0.139. The molecule has 0 saturated carbocycles. The van der Waals surface area contributed by atoms with E-state index in [4.69, 9.17) is 4.74 Å². The second-order valence-electron chi connectivity index (χ2n) is 12.3. The molecule has 3 aliphatic heterocycles. The quantitative estimate of drug-likeness (QED) is 0.249. The molecule has 2 bridgehead atoms. The van der Waals surface area contributed by atoms with Crippen LogP contribution in [0, 0.1) is 11.8 Å². The number of ether oxygens (including phenoxy) is 1. The number of anilines is 3. The van der Waals surface area contributed by atoms with E-state index < -0.39 is 22.6 Å². The van der Waals surface area contributed by atoms with Crippen LogP contribution in [0.15, 0.2) is 73.8 Å². The Hall–Kier alpha value is -3.76. The number of thioether (sulfide) groups is 1. The minimum Gasteiger partial charge on any atom is -0.494 e. The number of benzene rings is 2. The zero-order valence-corrected chi connectivity index (χ0v) is 28.7. The normalized spacial score (nSPS) is 24.2. The van der Waals surface area contributed by atoms with Crippen LogP contribution in [-0.4, -0.2) is 89.7 Å². The van der Waals surface area contributed by atoms with E-state index >= 15 is 0 Å². The van der Waals surface area contributed by atoms with Gasteiger partial charge < -0.3 is 29.4 Å². The van der Waals surface area contributed by atoms with Crippen LogP contribution in [0.5, 0.6) is 5.75 Å². The molecule has 5 rings (SSSR count). The monoisotopic (exact) mass is 660 g/mol. The van der Waals surface area contributed by atoms with E-state index in [2.05, 4.69) is 31.9 Å². The summed E-state index contributed by atoms with van der Waals surface area (Å²) in [5, 5.41) is 9.69. The molecule has 3 amide bonds. The van der Waals surface area contributed by atoms with E-state index in [9.17, 15) is 19.5 Å². The second-order valence-corrected chi connectivity index (χ2v) is 13.9. The molecule has 1 spiro atoms. The van der Waals surface area contributed by atoms with Gasteiger partial charge >= 0.3 is 0 Å². The zero-order chi connectivity index (χ0) is 33.7. The predicted molar refractivity (Wildman–Crippen MR) is 190 cm³/mol. The van der Waals surface area contributed by atoms with Crippen molar-refractivity contribution in [3.8, 4) is 5.75 Å². The van der Waals surface area contributed by atoms with Crippen LogP contribution in [-0.2, 0) is 14.4 Å². The topological polar surface area (TPSA) is 93.6 Å². The van der Waals surface area contributed by atoms with Gasteiger partial charge in [-0.3, -0.25) is 14.4 Å². The minimum absolute atomic E-state index is 0.0806. The van der Waals surface area contributed by atoms with Gasteiger partial charge in [0.25, 0.3) is 5.91 Å². The number of rotatable bonds is 16. The highest BCUT2D eigenvalue weighted by Crippen LogP contribution is 2.66. The molecular formula is C37H48N4O5S. The molecule has 3 saturated heterocycles. The summed E-state index contributed by atoms with van der Waals surface area (Å²) < 4.78 is 4.86. The van der Waals surface area contributed by atoms with Crippen molar-refractivity contribution in [1.29, 1.82) is 0 Å². The lowest BCUT2D eigenvalue weighted by Gasteiger charge is -2.37. The Morgan fingerprint density at radius 3 is 2.09 bits per heavy atom. The fourth-order valence-corrected chi connectivity index (χ4v) is 9.95. The average Bonchev–Trinajstić information content (AvgIpc) is 3.73. The summed E-state index contributed by atoms with van der Waals surface area (Å²) in [6, 6.07) is 14.6. The number of amides is 3. The zero-order valence-electron chi connectivity index (χ0n) is 27.8. The molecular weight excluding hydrogens is 612 g/mol. The third-order valence-electron chi connectivity index (χ3n) is 9.78. The van der Waals surface area contributed by atoms with Crippen LogP contribution in [0.1, 0.15) is 40.0 Å². The van der Waals surface area contributed by atoms with E-state index in [-0.39, 0.29) is 42.7 Å². The molecule has 47 heavy (non-hydrogen) atoms. The SMILES string of the molecule is C=CCN(C(=O)C1N(CCCO)C(=O)[C@@H]2[C@@H](C(=O)N(CC=C)c3ccc(OCC)cc3)[C@H]3CCC12S3)c1ccc(N(CC)CC)cc1. The van der Waals surface area contributed by atoms with Gasteiger partial charge in [-0.15, -0.1) is 24.9 Å². The molecule has 252 valence electrons. The van der Waals surface area contributed by atoms with Gasteiger partial charge in [0.05, 0.1) is 23.2 Å². The van der Waals surface area contributed by atoms with Crippen LogP contribution in [0.25, 0.3) is 0 Å². The fraction of sp³-hybridized carbons (Fsp3) is 0.486. The maximum Gasteiger partial charge on any atom is 0.251 e. The third-order valence-corrected chi connectivity index (χ3v) is 11.7. The van der Waals surface area contributed by atoms with Gasteiger partial charge in [-0.2, -0.15) is 0 Å². The van der Waals surface area contributed by atoms with E-state index in [0.717, 1.165) is 36.6 Å². The summed E-state index contributed by atoms with van der Waals surface area (Å²) in [7, 11) is 0. The Morgan fingerprint density at radius 1 is 0.957 bits per heavy atom. The highest BCUT2D eigenvalue weighted by molar-refractivity contribution is 8.02. The van der Waals surface area contributed by atoms with Crippen LogP contribution < -0.4 is 19.4 Å². The Kier molecular flexibility index (Phi) is 11.0. The molecule has 2 unspecified atom stereocenters. The largest absolute Gasteiger partial charge is 0.494 e. The molecule has 0 aliphatic carbocycles. The third kappa shape index (κ3) is 6.29. The van der Waals surface area contributed by atoms with Crippen LogP contribution in [0.4, 0.5) is 17.1 Å². The molecule has 5 atom stereocenters. The number of carbonyl (C=O) groups is 3. The number of aliphatic hydroxyl groups excluding tert-OH is 1. The number of carbonyl (C=O) groups excluding carboxylic acids is 3. The molecule has 9 nitrogen and oxygen atoms in total. The lowest BCUT2D eigenvalue weighted by Crippen LogP contribution is -2.55. The molecule has 1 N–H and O–H groups in total. The Morgan fingerprint density at radius 2 is 1.53 bits per heavy atom. The maximum absolute atomic E-state index is 14.8. The van der Waals surface area contributed by atoms with Gasteiger partial charge in [0, 0.05) is 61.6 Å². The molecule has 2 aromatic carbocycles. The van der Waals surface area contributed by atoms with E-state index in [1.165, 1.54) is 0 Å². The molecule has 3 aliphatic rings. The van der Waals surface area contributed by atoms with Crippen molar-refractivity contribution < 1.29 is 24.2 Å². The van der Waals surface area contributed by atoms with Crippen molar-refractivity contribution in [2.45, 2.75) is 56.1 Å². The number of aliphatic hydroxyl groups is 1. The van der Waals surface area contributed by atoms with Crippen molar-refractivity contribution >= 4 is 46.5 Å². The van der Waals surface area contributed by atoms with Crippen LogP contribution in [0.2, 0.25) is 0 Å². The lowest BCUT2D eigenvalue weighted by atomic mass is 9.70. The van der Waals surface area contributed by atoms with Gasteiger partial charge in [-0.25, -0.2) is 0 Å². The van der Waals surface area contributed by atoms with Crippen LogP contribution in [0.3, 0.4) is 0 Å². The summed E-state index contributed by atoms with van der Waals surface area (Å²) in [6.07, 6.45) is 5.16. The predicted octanol–water partition coefficient (Wildman–Crippen LogP) is 5.14. The number of hydrogen-bond acceptors (Lipinski definition) is 7. The number of hydrogen-bond donors (Lipinski definition) is 1. The van der Waals surface area contributed by atoms with Gasteiger partial charge in [0.2, 0.25) is 11.8 Å². The molecule has 3 fully saturated rings. The van der Waals surface area contributed by atoms with Gasteiger partial charge in [0.15, 0.2) is 0 Å². The van der Waals surface area contributed by atoms with E-state index in [0.29, 0.717) is 31.7 Å². The van der Waals surface area contributed by atoms with Crippen LogP contribution >= 0.6 is 11.8 Å². The first-order valence-corrected chi connectivity index (χ1v) is 17.7. The average molecular weight is 661 g/mol. The fourth-order valence-electron chi connectivity index (χ4n) is 7.75. The molecule has 10 heteroatoms. The smallest absolute Gasteiger partial charge is 0.251 e. The molecule has 0 radical (unpaired) electrons. The summed E-state index contributed by atoms with van der Waals surface area (Å²) in [5.41, 5.74) is 2.52. The minimum atomic E-state index is -0.764. The number of fused-ring (bicyclic) bond motifs is 1. The Balaban J connectivity index is 1.50. The first kappa shape index (κ1) is 34.6. The van der Waals surface area contributed by atoms with Gasteiger partial charge in [0.1, 0.15) is 11.8 Å². The Bertz CT molecular complexity index is 1450. The van der Waals surface area contributed by atoms with Crippen molar-refractivity contribution in [2.24, 2.45) is 11.8 Å².